The molecule has 1 aliphatic heterocycles. The zero-order chi connectivity index (χ0) is 17.3. The van der Waals surface area contributed by atoms with Gasteiger partial charge in [-0.25, -0.2) is 4.79 Å². The maximum atomic E-state index is 12.6. The van der Waals surface area contributed by atoms with Gasteiger partial charge < -0.3 is 5.32 Å². The van der Waals surface area contributed by atoms with Crippen LogP contribution in [0, 0.1) is 5.92 Å². The lowest BCUT2D eigenvalue weighted by Gasteiger charge is -2.17. The van der Waals surface area contributed by atoms with Gasteiger partial charge in [0.1, 0.15) is 6.04 Å². The fourth-order valence-corrected chi connectivity index (χ4v) is 2.98. The molecule has 0 bridgehead atoms. The lowest BCUT2D eigenvalue weighted by molar-refractivity contribution is -0.128. The molecule has 2 atom stereocenters. The van der Waals surface area contributed by atoms with Crippen LogP contribution in [0.15, 0.2) is 36.7 Å². The highest BCUT2D eigenvalue weighted by atomic mass is 16.2. The monoisotopic (exact) mass is 326 g/mol. The summed E-state index contributed by atoms with van der Waals surface area (Å²) >= 11 is 0. The van der Waals surface area contributed by atoms with Gasteiger partial charge in [0.05, 0.1) is 12.7 Å². The average molecular weight is 326 g/mol. The molecule has 3 amide bonds. The van der Waals surface area contributed by atoms with Crippen LogP contribution >= 0.6 is 0 Å². The number of hydrogen-bond acceptors (Lipinski definition) is 3. The molecule has 24 heavy (non-hydrogen) atoms. The second-order valence-corrected chi connectivity index (χ2v) is 6.30. The van der Waals surface area contributed by atoms with Gasteiger partial charge in [0.15, 0.2) is 0 Å². The number of imide groups is 1. The van der Waals surface area contributed by atoms with Gasteiger partial charge >= 0.3 is 6.03 Å². The van der Waals surface area contributed by atoms with E-state index < -0.39 is 6.04 Å². The third kappa shape index (κ3) is 2.91. The smallest absolute Gasteiger partial charge is 0.325 e. The lowest BCUT2D eigenvalue weighted by Crippen LogP contribution is -2.35. The number of carbonyl (C=O) groups excluding carboxylic acids is 2. The van der Waals surface area contributed by atoms with Crippen LogP contribution in [0.5, 0.6) is 0 Å². The van der Waals surface area contributed by atoms with Gasteiger partial charge in [-0.15, -0.1) is 0 Å². The molecule has 1 saturated heterocycles. The van der Waals surface area contributed by atoms with Crippen molar-refractivity contribution < 1.29 is 9.59 Å². The van der Waals surface area contributed by atoms with Crippen LogP contribution in [-0.4, -0.2) is 32.7 Å². The van der Waals surface area contributed by atoms with Crippen LogP contribution in [0.25, 0.3) is 11.1 Å². The summed E-state index contributed by atoms with van der Waals surface area (Å²) in [5.74, 6) is -0.0182. The minimum absolute atomic E-state index is 0.125. The molecule has 1 N–H and O–H groups in total. The van der Waals surface area contributed by atoms with Crippen LogP contribution in [0.4, 0.5) is 4.79 Å². The topological polar surface area (TPSA) is 67.2 Å². The molecule has 1 fully saturated rings. The molecular weight excluding hydrogens is 304 g/mol. The van der Waals surface area contributed by atoms with E-state index in [1.165, 1.54) is 4.90 Å². The summed E-state index contributed by atoms with van der Waals surface area (Å²) < 4.78 is 1.73. The molecule has 6 nitrogen and oxygen atoms in total. The Labute approximate surface area is 141 Å². The van der Waals surface area contributed by atoms with Gasteiger partial charge in [-0.2, -0.15) is 5.10 Å². The van der Waals surface area contributed by atoms with Crippen molar-refractivity contribution in [3.8, 4) is 11.1 Å². The molecule has 0 unspecified atom stereocenters. The van der Waals surface area contributed by atoms with Crippen LogP contribution in [0.2, 0.25) is 0 Å². The first-order chi connectivity index (χ1) is 11.5. The third-order valence-electron chi connectivity index (χ3n) is 4.63. The molecule has 0 radical (unpaired) electrons. The molecule has 1 aromatic heterocycles. The Morgan fingerprint density at radius 1 is 1.29 bits per heavy atom. The first-order valence-electron chi connectivity index (χ1n) is 8.20. The molecule has 126 valence electrons. The predicted molar refractivity (Wildman–Crippen MR) is 91.0 cm³/mol. The van der Waals surface area contributed by atoms with Crippen molar-refractivity contribution in [2.24, 2.45) is 13.0 Å². The first kappa shape index (κ1) is 16.2. The van der Waals surface area contributed by atoms with E-state index in [9.17, 15) is 9.59 Å². The van der Waals surface area contributed by atoms with Gasteiger partial charge in [0.25, 0.3) is 5.91 Å². The minimum Gasteiger partial charge on any atom is -0.326 e. The SMILES string of the molecule is CC[C@H](C)[C@@H]1NC(=O)N(Cc2ccccc2-c2cnn(C)c2)C1=O. The number of benzene rings is 1. The Morgan fingerprint density at radius 2 is 2.04 bits per heavy atom. The summed E-state index contributed by atoms with van der Waals surface area (Å²) in [6.07, 6.45) is 4.55. The Hall–Kier alpha value is -2.63. The molecule has 2 heterocycles. The van der Waals surface area contributed by atoms with E-state index in [1.54, 1.807) is 10.9 Å². The quantitative estimate of drug-likeness (QED) is 0.859. The predicted octanol–water partition coefficient (Wildman–Crippen LogP) is 2.55. The number of urea groups is 1. The van der Waals surface area contributed by atoms with Gasteiger partial charge in [-0.05, 0) is 17.0 Å². The van der Waals surface area contributed by atoms with E-state index in [0.717, 1.165) is 23.1 Å². The molecule has 2 aromatic rings. The van der Waals surface area contributed by atoms with Crippen molar-refractivity contribution in [2.75, 3.05) is 0 Å². The summed E-state index contributed by atoms with van der Waals surface area (Å²) in [4.78, 5) is 26.2. The minimum atomic E-state index is -0.423. The van der Waals surface area contributed by atoms with Gasteiger partial charge in [0.2, 0.25) is 0 Å². The lowest BCUT2D eigenvalue weighted by atomic mass is 9.99. The van der Waals surface area contributed by atoms with Crippen molar-refractivity contribution in [3.05, 3.63) is 42.2 Å². The summed E-state index contributed by atoms with van der Waals surface area (Å²) in [5.41, 5.74) is 2.88. The molecule has 1 aliphatic rings. The Balaban J connectivity index is 1.87. The number of carbonyl (C=O) groups is 2. The molecule has 0 saturated carbocycles. The Kier molecular flexibility index (Phi) is 4.38. The van der Waals surface area contributed by atoms with Gasteiger partial charge in [-0.3, -0.25) is 14.4 Å². The van der Waals surface area contributed by atoms with Crippen molar-refractivity contribution in [2.45, 2.75) is 32.9 Å². The molecule has 3 rings (SSSR count). The number of amides is 3. The molecule has 0 aliphatic carbocycles. The summed E-state index contributed by atoms with van der Waals surface area (Å²) in [7, 11) is 1.86. The van der Waals surface area contributed by atoms with E-state index in [-0.39, 0.29) is 24.4 Å². The van der Waals surface area contributed by atoms with E-state index in [4.69, 9.17) is 0 Å². The van der Waals surface area contributed by atoms with Crippen LogP contribution < -0.4 is 5.32 Å². The number of hydrogen-bond donors (Lipinski definition) is 1. The largest absolute Gasteiger partial charge is 0.326 e. The number of nitrogens with zero attached hydrogens (tertiary/aromatic N) is 3. The number of aromatic nitrogens is 2. The summed E-state index contributed by atoms with van der Waals surface area (Å²) in [6, 6.07) is 7.05. The molecule has 6 heteroatoms. The van der Waals surface area contributed by atoms with E-state index in [1.807, 2.05) is 51.4 Å². The Bertz CT molecular complexity index is 768. The Morgan fingerprint density at radius 3 is 2.71 bits per heavy atom. The first-order valence-corrected chi connectivity index (χ1v) is 8.20. The molecular formula is C18H22N4O2. The zero-order valence-corrected chi connectivity index (χ0v) is 14.2. The van der Waals surface area contributed by atoms with Crippen LogP contribution in [-0.2, 0) is 18.4 Å². The van der Waals surface area contributed by atoms with Crippen LogP contribution in [0.1, 0.15) is 25.8 Å². The summed E-state index contributed by atoms with van der Waals surface area (Å²) in [5, 5.41) is 7.01. The summed E-state index contributed by atoms with van der Waals surface area (Å²) in [6.45, 7) is 4.27. The maximum absolute atomic E-state index is 12.6. The number of rotatable bonds is 5. The van der Waals surface area contributed by atoms with Gasteiger partial charge in [-0.1, -0.05) is 44.5 Å². The third-order valence-corrected chi connectivity index (χ3v) is 4.63. The standard InChI is InChI=1S/C18H22N4O2/c1-4-12(2)16-17(23)22(18(24)20-16)11-13-7-5-6-8-15(13)14-9-19-21(3)10-14/h5-10,12,16H,4,11H2,1-3H3,(H,20,24)/t12-,16-/m0/s1. The molecule has 1 aromatic carbocycles. The maximum Gasteiger partial charge on any atom is 0.325 e. The van der Waals surface area contributed by atoms with Crippen molar-refractivity contribution >= 4 is 11.9 Å². The van der Waals surface area contributed by atoms with Crippen LogP contribution in [0.3, 0.4) is 0 Å². The fraction of sp³-hybridized carbons (Fsp3) is 0.389. The second kappa shape index (κ2) is 6.47. The number of nitrogens with one attached hydrogen (secondary N) is 1. The van der Waals surface area contributed by atoms with Gasteiger partial charge in [0, 0.05) is 18.8 Å². The second-order valence-electron chi connectivity index (χ2n) is 6.30. The van der Waals surface area contributed by atoms with E-state index in [2.05, 4.69) is 10.4 Å². The highest BCUT2D eigenvalue weighted by molar-refractivity contribution is 6.04. The van der Waals surface area contributed by atoms with E-state index in [0.29, 0.717) is 0 Å². The highest BCUT2D eigenvalue weighted by Gasteiger charge is 2.40. The highest BCUT2D eigenvalue weighted by Crippen LogP contribution is 2.26. The van der Waals surface area contributed by atoms with Crippen molar-refractivity contribution in [1.82, 2.24) is 20.0 Å². The van der Waals surface area contributed by atoms with Crippen molar-refractivity contribution in [1.29, 1.82) is 0 Å². The number of aryl methyl sites for hydroxylation is 1. The van der Waals surface area contributed by atoms with E-state index >= 15 is 0 Å². The normalized spacial score (nSPS) is 18.8. The molecule has 0 spiro atoms. The average Bonchev–Trinajstić information content (AvgIpc) is 3.13. The van der Waals surface area contributed by atoms with Crippen molar-refractivity contribution in [3.63, 3.8) is 0 Å². The zero-order valence-electron chi connectivity index (χ0n) is 14.2. The fourth-order valence-electron chi connectivity index (χ4n) is 2.98.